The summed E-state index contributed by atoms with van der Waals surface area (Å²) in [7, 11) is 0. The monoisotopic (exact) mass is 616 g/mol. The highest BCUT2D eigenvalue weighted by Crippen LogP contribution is 2.34. The van der Waals surface area contributed by atoms with Crippen LogP contribution in [-0.2, 0) is 6.61 Å². The van der Waals surface area contributed by atoms with Crippen LogP contribution in [0.15, 0.2) is 73.4 Å². The van der Waals surface area contributed by atoms with Crippen molar-refractivity contribution in [1.29, 1.82) is 0 Å². The average Bonchev–Trinajstić information content (AvgIpc) is 2.82. The van der Waals surface area contributed by atoms with Gasteiger partial charge in [-0.3, -0.25) is 14.9 Å². The second kappa shape index (κ2) is 10.7. The van der Waals surface area contributed by atoms with Crippen LogP contribution in [0.4, 0.5) is 10.1 Å². The van der Waals surface area contributed by atoms with Gasteiger partial charge in [0.15, 0.2) is 0 Å². The summed E-state index contributed by atoms with van der Waals surface area (Å²) in [5.41, 5.74) is 0.601. The van der Waals surface area contributed by atoms with Crippen LogP contribution >= 0.6 is 31.9 Å². The third kappa shape index (κ3) is 5.52. The van der Waals surface area contributed by atoms with Crippen LogP contribution < -0.4 is 10.3 Å². The molecule has 36 heavy (non-hydrogen) atoms. The first-order valence-electron chi connectivity index (χ1n) is 10.8. The van der Waals surface area contributed by atoms with Crippen molar-refractivity contribution in [3.8, 4) is 5.75 Å². The molecule has 184 valence electrons. The Morgan fingerprint density at radius 3 is 2.64 bits per heavy atom. The van der Waals surface area contributed by atoms with Crippen LogP contribution in [-0.4, -0.2) is 20.8 Å². The van der Waals surface area contributed by atoms with Crippen molar-refractivity contribution in [3.63, 3.8) is 0 Å². The van der Waals surface area contributed by atoms with E-state index in [1.807, 2.05) is 13.8 Å². The molecule has 0 unspecified atom stereocenters. The Morgan fingerprint density at radius 1 is 1.17 bits per heavy atom. The topological polar surface area (TPSA) is 99.6 Å². The molecule has 11 heteroatoms. The molecule has 4 rings (SSSR count). The Labute approximate surface area is 221 Å². The van der Waals surface area contributed by atoms with Crippen molar-refractivity contribution in [2.75, 3.05) is 0 Å². The third-order valence-corrected chi connectivity index (χ3v) is 6.14. The number of halogens is 3. The molecule has 0 N–H and O–H groups in total. The van der Waals surface area contributed by atoms with Gasteiger partial charge < -0.3 is 4.74 Å². The Bertz CT molecular complexity index is 1570. The molecule has 0 amide bonds. The zero-order valence-corrected chi connectivity index (χ0v) is 22.3. The molecule has 0 bridgehead atoms. The van der Waals surface area contributed by atoms with E-state index in [9.17, 15) is 19.3 Å². The molecule has 0 saturated heterocycles. The van der Waals surface area contributed by atoms with Crippen molar-refractivity contribution in [2.24, 2.45) is 5.10 Å². The number of nitro groups is 1. The van der Waals surface area contributed by atoms with Gasteiger partial charge in [-0.2, -0.15) is 9.78 Å². The number of ether oxygens (including phenoxy) is 1. The second-order valence-electron chi connectivity index (χ2n) is 8.17. The van der Waals surface area contributed by atoms with Gasteiger partial charge in [0.1, 0.15) is 18.2 Å². The first kappa shape index (κ1) is 25.6. The van der Waals surface area contributed by atoms with E-state index in [1.165, 1.54) is 35.2 Å². The number of rotatable bonds is 7. The lowest BCUT2D eigenvalue weighted by Crippen LogP contribution is -2.23. The fourth-order valence-corrected chi connectivity index (χ4v) is 4.37. The number of benzene rings is 3. The summed E-state index contributed by atoms with van der Waals surface area (Å²) < 4.78 is 21.7. The number of hydrogen-bond acceptors (Lipinski definition) is 6. The van der Waals surface area contributed by atoms with Crippen LogP contribution in [0.25, 0.3) is 10.9 Å². The van der Waals surface area contributed by atoms with E-state index in [0.29, 0.717) is 26.8 Å². The van der Waals surface area contributed by atoms with Gasteiger partial charge in [0.05, 0.1) is 22.0 Å². The van der Waals surface area contributed by atoms with Crippen LogP contribution in [0.5, 0.6) is 5.75 Å². The van der Waals surface area contributed by atoms with E-state index in [-0.39, 0.29) is 35.1 Å². The van der Waals surface area contributed by atoms with Gasteiger partial charge in [0.25, 0.3) is 5.56 Å². The summed E-state index contributed by atoms with van der Waals surface area (Å²) in [4.78, 5) is 29.1. The Morgan fingerprint density at radius 2 is 1.94 bits per heavy atom. The van der Waals surface area contributed by atoms with E-state index in [2.05, 4.69) is 41.9 Å². The lowest BCUT2D eigenvalue weighted by atomic mass is 10.1. The molecule has 0 radical (unpaired) electrons. The van der Waals surface area contributed by atoms with Crippen LogP contribution in [0.2, 0.25) is 0 Å². The maximum absolute atomic E-state index is 13.6. The number of aromatic nitrogens is 2. The standard InChI is InChI=1S/C25H19Br2FN4O4/c1-14(2)24-30-21-7-6-17(26)10-20(21)25(33)31(24)29-12-16-9-18(27)11-22(32(34)35)23(16)36-13-15-4-3-5-19(28)8-15/h3-12,14H,13H2,1-2H3. The van der Waals surface area contributed by atoms with Gasteiger partial charge in [0, 0.05) is 26.5 Å². The van der Waals surface area contributed by atoms with Gasteiger partial charge >= 0.3 is 5.69 Å². The van der Waals surface area contributed by atoms with Crippen molar-refractivity contribution < 1.29 is 14.1 Å². The summed E-state index contributed by atoms with van der Waals surface area (Å²) in [6.07, 6.45) is 1.32. The highest BCUT2D eigenvalue weighted by atomic mass is 79.9. The quantitative estimate of drug-likeness (QED) is 0.133. The van der Waals surface area contributed by atoms with Gasteiger partial charge in [-0.15, -0.1) is 0 Å². The minimum atomic E-state index is -0.580. The maximum atomic E-state index is 13.6. The molecule has 0 spiro atoms. The fraction of sp³-hybridized carbons (Fsp3) is 0.160. The third-order valence-electron chi connectivity index (χ3n) is 5.19. The first-order chi connectivity index (χ1) is 17.1. The van der Waals surface area contributed by atoms with Gasteiger partial charge in [-0.05, 0) is 42.0 Å². The number of nitro benzene ring substituents is 1. The molecule has 0 atom stereocenters. The molecule has 0 aliphatic carbocycles. The van der Waals surface area contributed by atoms with E-state index < -0.39 is 10.7 Å². The summed E-state index contributed by atoms with van der Waals surface area (Å²) in [6, 6.07) is 13.9. The molecule has 8 nitrogen and oxygen atoms in total. The second-order valence-corrected chi connectivity index (χ2v) is 10.00. The predicted molar refractivity (Wildman–Crippen MR) is 142 cm³/mol. The lowest BCUT2D eigenvalue weighted by Gasteiger charge is -2.13. The Balaban J connectivity index is 1.83. The predicted octanol–water partition coefficient (Wildman–Crippen LogP) is 6.55. The Kier molecular flexibility index (Phi) is 7.60. The highest BCUT2D eigenvalue weighted by molar-refractivity contribution is 9.10. The zero-order valence-electron chi connectivity index (χ0n) is 19.1. The normalized spacial score (nSPS) is 11.5. The van der Waals surface area contributed by atoms with E-state index in [1.54, 1.807) is 30.3 Å². The molecule has 0 saturated carbocycles. The van der Waals surface area contributed by atoms with Crippen LogP contribution in [0.3, 0.4) is 0 Å². The van der Waals surface area contributed by atoms with Gasteiger partial charge in [-0.25, -0.2) is 9.37 Å². The largest absolute Gasteiger partial charge is 0.481 e. The number of nitrogens with zero attached hydrogens (tertiary/aromatic N) is 4. The lowest BCUT2D eigenvalue weighted by molar-refractivity contribution is -0.386. The number of fused-ring (bicyclic) bond motifs is 1. The molecule has 0 aliphatic rings. The number of hydrogen-bond donors (Lipinski definition) is 0. The minimum Gasteiger partial charge on any atom is -0.481 e. The van der Waals surface area contributed by atoms with E-state index in [0.717, 1.165) is 4.47 Å². The SMILES string of the molecule is CC(C)c1nc2ccc(Br)cc2c(=O)n1N=Cc1cc(Br)cc([N+](=O)[O-])c1OCc1cccc(F)c1. The molecule has 3 aromatic carbocycles. The summed E-state index contributed by atoms with van der Waals surface area (Å²) in [6.45, 7) is 3.66. The Hall–Kier alpha value is -3.44. The van der Waals surface area contributed by atoms with Crippen molar-refractivity contribution >= 4 is 54.7 Å². The summed E-state index contributed by atoms with van der Waals surface area (Å²) in [5, 5.41) is 16.5. The van der Waals surface area contributed by atoms with Gasteiger partial charge in [-0.1, -0.05) is 57.8 Å². The summed E-state index contributed by atoms with van der Waals surface area (Å²) >= 11 is 6.65. The average molecular weight is 618 g/mol. The van der Waals surface area contributed by atoms with E-state index >= 15 is 0 Å². The molecule has 1 heterocycles. The highest BCUT2D eigenvalue weighted by Gasteiger charge is 2.21. The zero-order chi connectivity index (χ0) is 26.0. The first-order valence-corrected chi connectivity index (χ1v) is 12.3. The van der Waals surface area contributed by atoms with Crippen molar-refractivity contribution in [3.05, 3.63) is 107 Å². The molecule has 0 aliphatic heterocycles. The molecule has 0 fully saturated rings. The van der Waals surface area contributed by atoms with Crippen molar-refractivity contribution in [2.45, 2.75) is 26.4 Å². The fourth-order valence-electron chi connectivity index (χ4n) is 3.54. The molecule has 4 aromatic rings. The molecular weight excluding hydrogens is 599 g/mol. The van der Waals surface area contributed by atoms with Gasteiger partial charge in [0.2, 0.25) is 5.75 Å². The maximum Gasteiger partial charge on any atom is 0.312 e. The van der Waals surface area contributed by atoms with Crippen LogP contribution in [0, 0.1) is 15.9 Å². The van der Waals surface area contributed by atoms with E-state index in [4.69, 9.17) is 4.74 Å². The molecular formula is C25H19Br2FN4O4. The minimum absolute atomic E-state index is 0.0631. The smallest absolute Gasteiger partial charge is 0.312 e. The van der Waals surface area contributed by atoms with Crippen LogP contribution in [0.1, 0.15) is 36.7 Å². The summed E-state index contributed by atoms with van der Waals surface area (Å²) in [5.74, 6) is -0.215. The van der Waals surface area contributed by atoms with Crippen molar-refractivity contribution in [1.82, 2.24) is 9.66 Å². The molecule has 1 aromatic heterocycles.